The van der Waals surface area contributed by atoms with Gasteiger partial charge in [-0.2, -0.15) is 0 Å². The smallest absolute Gasteiger partial charge is 0.241 e. The van der Waals surface area contributed by atoms with Crippen molar-refractivity contribution in [2.75, 3.05) is 11.1 Å². The Hall–Kier alpha value is -1.51. The van der Waals surface area contributed by atoms with Crippen molar-refractivity contribution in [3.63, 3.8) is 0 Å². The first-order valence-electron chi connectivity index (χ1n) is 6.45. The first-order chi connectivity index (χ1) is 10.4. The van der Waals surface area contributed by atoms with Gasteiger partial charge >= 0.3 is 0 Å². The highest BCUT2D eigenvalue weighted by molar-refractivity contribution is 7.91. The Labute approximate surface area is 137 Å². The third kappa shape index (κ3) is 5.04. The van der Waals surface area contributed by atoms with Crippen LogP contribution in [-0.2, 0) is 26.8 Å². The van der Waals surface area contributed by atoms with E-state index in [1.807, 2.05) is 6.92 Å². The lowest BCUT2D eigenvalue weighted by molar-refractivity contribution is -0.113. The fraction of sp³-hybridized carbons (Fsp3) is 0.308. The Bertz CT molecular complexity index is 757. The van der Waals surface area contributed by atoms with Gasteiger partial charge in [-0.1, -0.05) is 42.0 Å². The number of benzene rings is 1. The standard InChI is InChI=1S/C13H14ClN3O3S2/c1-2-12-16-17-13(21-12)15-11(18)8-22(19,20)7-9-3-5-10(14)6-4-9/h3-6H,2,7-8H2,1H3,(H,15,17,18). The molecule has 0 aliphatic rings. The van der Waals surface area contributed by atoms with Crippen LogP contribution < -0.4 is 5.32 Å². The van der Waals surface area contributed by atoms with Crippen LogP contribution in [0.3, 0.4) is 0 Å². The van der Waals surface area contributed by atoms with Gasteiger partial charge in [0, 0.05) is 5.02 Å². The van der Waals surface area contributed by atoms with Crippen LogP contribution in [0.5, 0.6) is 0 Å². The zero-order chi connectivity index (χ0) is 16.2. The molecule has 6 nitrogen and oxygen atoms in total. The molecule has 1 N–H and O–H groups in total. The molecule has 0 atom stereocenters. The van der Waals surface area contributed by atoms with E-state index < -0.39 is 21.5 Å². The molecule has 0 unspecified atom stereocenters. The molecule has 0 fully saturated rings. The summed E-state index contributed by atoms with van der Waals surface area (Å²) in [6.07, 6.45) is 0.711. The number of hydrogen-bond donors (Lipinski definition) is 1. The molecule has 1 amide bonds. The minimum absolute atomic E-state index is 0.214. The summed E-state index contributed by atoms with van der Waals surface area (Å²) in [4.78, 5) is 11.8. The van der Waals surface area contributed by atoms with E-state index in [0.717, 1.165) is 5.01 Å². The van der Waals surface area contributed by atoms with Crippen LogP contribution in [0, 0.1) is 0 Å². The van der Waals surface area contributed by atoms with Crippen LogP contribution in [-0.4, -0.2) is 30.3 Å². The highest BCUT2D eigenvalue weighted by Gasteiger charge is 2.18. The summed E-state index contributed by atoms with van der Waals surface area (Å²) < 4.78 is 24.0. The quantitative estimate of drug-likeness (QED) is 0.854. The van der Waals surface area contributed by atoms with Crippen molar-refractivity contribution in [2.45, 2.75) is 19.1 Å². The summed E-state index contributed by atoms with van der Waals surface area (Å²) in [5.74, 6) is -1.43. The number of hydrogen-bond acceptors (Lipinski definition) is 6. The summed E-state index contributed by atoms with van der Waals surface area (Å²) >= 11 is 6.98. The van der Waals surface area contributed by atoms with Gasteiger partial charge in [0.25, 0.3) is 0 Å². The SMILES string of the molecule is CCc1nnc(NC(=O)CS(=O)(=O)Cc2ccc(Cl)cc2)s1. The summed E-state index contributed by atoms with van der Waals surface area (Å²) in [6.45, 7) is 1.92. The maximum atomic E-state index is 12.0. The minimum Gasteiger partial charge on any atom is -0.300 e. The van der Waals surface area contributed by atoms with Crippen molar-refractivity contribution in [2.24, 2.45) is 0 Å². The third-order valence-electron chi connectivity index (χ3n) is 2.67. The van der Waals surface area contributed by atoms with Crippen molar-refractivity contribution in [1.29, 1.82) is 0 Å². The number of aromatic nitrogens is 2. The fourth-order valence-corrected chi connectivity index (χ4v) is 3.78. The maximum absolute atomic E-state index is 12.0. The Morgan fingerprint density at radius 3 is 2.55 bits per heavy atom. The lowest BCUT2D eigenvalue weighted by Crippen LogP contribution is -2.23. The normalized spacial score (nSPS) is 11.4. The molecule has 1 aromatic carbocycles. The number of halogens is 1. The highest BCUT2D eigenvalue weighted by Crippen LogP contribution is 2.16. The molecule has 0 radical (unpaired) electrons. The van der Waals surface area contributed by atoms with E-state index in [4.69, 9.17) is 11.6 Å². The Balaban J connectivity index is 1.95. The van der Waals surface area contributed by atoms with Gasteiger partial charge in [0.15, 0.2) is 9.84 Å². The van der Waals surface area contributed by atoms with Gasteiger partial charge in [0.2, 0.25) is 11.0 Å². The highest BCUT2D eigenvalue weighted by atomic mass is 35.5. The molecule has 0 bridgehead atoms. The van der Waals surface area contributed by atoms with Gasteiger partial charge in [-0.3, -0.25) is 10.1 Å². The molecule has 0 aliphatic heterocycles. The second-order valence-corrected chi connectivity index (χ2v) is 8.12. The van der Waals surface area contributed by atoms with E-state index in [9.17, 15) is 13.2 Å². The van der Waals surface area contributed by atoms with Crippen LogP contribution in [0.4, 0.5) is 5.13 Å². The van der Waals surface area contributed by atoms with Gasteiger partial charge < -0.3 is 0 Å². The molecule has 118 valence electrons. The van der Waals surface area contributed by atoms with E-state index in [1.165, 1.54) is 11.3 Å². The topological polar surface area (TPSA) is 89.0 Å². The molecular formula is C13H14ClN3O3S2. The van der Waals surface area contributed by atoms with E-state index in [2.05, 4.69) is 15.5 Å². The molecule has 2 rings (SSSR count). The summed E-state index contributed by atoms with van der Waals surface area (Å²) in [6, 6.07) is 6.46. The average molecular weight is 360 g/mol. The number of anilines is 1. The number of carbonyl (C=O) groups excluding carboxylic acids is 1. The maximum Gasteiger partial charge on any atom is 0.241 e. The second-order valence-electron chi connectivity index (χ2n) is 4.56. The van der Waals surface area contributed by atoms with Crippen LogP contribution >= 0.6 is 22.9 Å². The van der Waals surface area contributed by atoms with E-state index in [1.54, 1.807) is 24.3 Å². The van der Waals surface area contributed by atoms with Crippen LogP contribution in [0.2, 0.25) is 5.02 Å². The fourth-order valence-electron chi connectivity index (χ4n) is 1.69. The zero-order valence-corrected chi connectivity index (χ0v) is 14.1. The van der Waals surface area contributed by atoms with Gasteiger partial charge in [-0.25, -0.2) is 8.42 Å². The summed E-state index contributed by atoms with van der Waals surface area (Å²) in [5.41, 5.74) is 0.585. The van der Waals surface area contributed by atoms with Crippen molar-refractivity contribution in [1.82, 2.24) is 10.2 Å². The van der Waals surface area contributed by atoms with Gasteiger partial charge in [0.1, 0.15) is 10.8 Å². The van der Waals surface area contributed by atoms with Crippen molar-refractivity contribution >= 4 is 43.8 Å². The Kier molecular flexibility index (Phi) is 5.49. The van der Waals surface area contributed by atoms with Crippen LogP contribution in [0.1, 0.15) is 17.5 Å². The van der Waals surface area contributed by atoms with Crippen molar-refractivity contribution < 1.29 is 13.2 Å². The van der Waals surface area contributed by atoms with Gasteiger partial charge in [0.05, 0.1) is 5.75 Å². The first-order valence-corrected chi connectivity index (χ1v) is 9.46. The number of carbonyl (C=O) groups is 1. The van der Waals surface area contributed by atoms with Crippen molar-refractivity contribution in [3.8, 4) is 0 Å². The number of aryl methyl sites for hydroxylation is 1. The number of nitrogens with one attached hydrogen (secondary N) is 1. The summed E-state index contributed by atoms with van der Waals surface area (Å²) in [5, 5.41) is 11.7. The summed E-state index contributed by atoms with van der Waals surface area (Å²) in [7, 11) is -3.56. The number of amides is 1. The second kappa shape index (κ2) is 7.17. The lowest BCUT2D eigenvalue weighted by atomic mass is 10.2. The molecule has 0 aliphatic carbocycles. The van der Waals surface area contributed by atoms with Crippen LogP contribution in [0.25, 0.3) is 0 Å². The molecule has 2 aromatic rings. The first kappa shape index (κ1) is 16.9. The molecule has 22 heavy (non-hydrogen) atoms. The predicted molar refractivity (Wildman–Crippen MR) is 86.9 cm³/mol. The van der Waals surface area contributed by atoms with Gasteiger partial charge in [-0.05, 0) is 24.1 Å². The monoisotopic (exact) mass is 359 g/mol. The van der Waals surface area contributed by atoms with Crippen LogP contribution in [0.15, 0.2) is 24.3 Å². The third-order valence-corrected chi connectivity index (χ3v) is 5.38. The molecule has 1 aromatic heterocycles. The van der Waals surface area contributed by atoms with E-state index in [-0.39, 0.29) is 5.75 Å². The van der Waals surface area contributed by atoms with Crippen molar-refractivity contribution in [3.05, 3.63) is 39.9 Å². The molecule has 0 saturated heterocycles. The van der Waals surface area contributed by atoms with E-state index in [0.29, 0.717) is 22.1 Å². The average Bonchev–Trinajstić information content (AvgIpc) is 2.88. The largest absolute Gasteiger partial charge is 0.300 e. The predicted octanol–water partition coefficient (Wildman–Crippen LogP) is 2.31. The molecule has 9 heteroatoms. The van der Waals surface area contributed by atoms with E-state index >= 15 is 0 Å². The number of rotatable bonds is 6. The molecular weight excluding hydrogens is 346 g/mol. The number of nitrogens with zero attached hydrogens (tertiary/aromatic N) is 2. The van der Waals surface area contributed by atoms with Gasteiger partial charge in [-0.15, -0.1) is 10.2 Å². The number of sulfone groups is 1. The Morgan fingerprint density at radius 2 is 1.95 bits per heavy atom. The lowest BCUT2D eigenvalue weighted by Gasteiger charge is -2.04. The zero-order valence-electron chi connectivity index (χ0n) is 11.7. The molecule has 0 saturated carbocycles. The Morgan fingerprint density at radius 1 is 1.27 bits per heavy atom. The minimum atomic E-state index is -3.56. The molecule has 1 heterocycles. The molecule has 0 spiro atoms.